The molecule has 0 aliphatic heterocycles. The topological polar surface area (TPSA) is 484 Å². The smallest absolute Gasteiger partial charge is 0.326 e. The summed E-state index contributed by atoms with van der Waals surface area (Å²) in [6, 6.07) is -6.05. The molecule has 0 aliphatic rings. The van der Waals surface area contributed by atoms with Gasteiger partial charge in [-0.15, -0.1) is 0 Å². The number of aliphatic carboxylic acids is 1. The fourth-order valence-corrected chi connectivity index (χ4v) is 7.62. The van der Waals surface area contributed by atoms with Crippen molar-refractivity contribution in [2.24, 2.45) is 29.0 Å². The number of aromatic amines is 1. The van der Waals surface area contributed by atoms with Crippen molar-refractivity contribution in [3.63, 3.8) is 0 Å². The Morgan fingerprint density at radius 3 is 1.58 bits per heavy atom. The molecular formula is C50H80N14O15. The molecule has 0 bridgehead atoms. The number of aliphatic hydroxyl groups excluding tert-OH is 3. The van der Waals surface area contributed by atoms with E-state index in [4.69, 9.17) is 17.2 Å². The van der Waals surface area contributed by atoms with Crippen molar-refractivity contribution >= 4 is 65.0 Å². The highest BCUT2D eigenvalue weighted by Gasteiger charge is 2.37. The molecule has 1 aromatic carbocycles. The molecule has 29 heteroatoms. The maximum Gasteiger partial charge on any atom is 0.326 e. The van der Waals surface area contributed by atoms with Crippen LogP contribution in [-0.4, -0.2) is 182 Å². The number of benzene rings is 1. The summed E-state index contributed by atoms with van der Waals surface area (Å²) < 4.78 is 0. The van der Waals surface area contributed by atoms with Crippen LogP contribution >= 0.6 is 0 Å². The van der Waals surface area contributed by atoms with E-state index < -0.39 is 169 Å². The molecule has 440 valence electrons. The van der Waals surface area contributed by atoms with Crippen LogP contribution in [0, 0.1) is 11.8 Å². The van der Waals surface area contributed by atoms with Crippen LogP contribution in [0.4, 0.5) is 0 Å². The third-order valence-electron chi connectivity index (χ3n) is 12.6. The van der Waals surface area contributed by atoms with E-state index in [9.17, 15) is 73.2 Å². The molecule has 2 aromatic rings. The molecule has 0 saturated carbocycles. The van der Waals surface area contributed by atoms with E-state index in [2.05, 4.69) is 57.8 Å². The van der Waals surface area contributed by atoms with Gasteiger partial charge in [0.2, 0.25) is 59.1 Å². The predicted molar refractivity (Wildman–Crippen MR) is 283 cm³/mol. The minimum absolute atomic E-state index is 0.0868. The number of aliphatic hydroxyl groups is 3. The van der Waals surface area contributed by atoms with Crippen molar-refractivity contribution < 1.29 is 73.2 Å². The maximum atomic E-state index is 14.2. The van der Waals surface area contributed by atoms with Gasteiger partial charge in [-0.05, 0) is 69.9 Å². The second kappa shape index (κ2) is 34.3. The van der Waals surface area contributed by atoms with Gasteiger partial charge < -0.3 is 90.5 Å². The van der Waals surface area contributed by atoms with Crippen LogP contribution in [0.5, 0.6) is 0 Å². The number of primary amides is 1. The molecule has 0 fully saturated rings. The Balaban J connectivity index is 2.31. The molecule has 0 spiro atoms. The Morgan fingerprint density at radius 2 is 1.09 bits per heavy atom. The van der Waals surface area contributed by atoms with E-state index >= 15 is 0 Å². The molecule has 29 nitrogen and oxygen atoms in total. The lowest BCUT2D eigenvalue weighted by Gasteiger charge is -2.29. The largest absolute Gasteiger partial charge is 0.480 e. The molecular weight excluding hydrogens is 1040 g/mol. The zero-order valence-electron chi connectivity index (χ0n) is 45.3. The Labute approximate surface area is 457 Å². The zero-order chi connectivity index (χ0) is 59.5. The summed E-state index contributed by atoms with van der Waals surface area (Å²) in [5, 5.41) is 61.9. The van der Waals surface area contributed by atoms with Crippen molar-refractivity contribution in [2.75, 3.05) is 19.8 Å². The Morgan fingerprint density at radius 1 is 0.595 bits per heavy atom. The van der Waals surface area contributed by atoms with Gasteiger partial charge in [-0.3, -0.25) is 47.9 Å². The summed E-state index contributed by atoms with van der Waals surface area (Å²) in [7, 11) is 0. The first-order chi connectivity index (χ1) is 37.3. The summed E-state index contributed by atoms with van der Waals surface area (Å²) in [5.41, 5.74) is 18.5. The number of aromatic nitrogens is 2. The number of nitrogens with one attached hydrogen (secondary N) is 10. The van der Waals surface area contributed by atoms with Gasteiger partial charge in [0.1, 0.15) is 54.4 Å². The highest BCUT2D eigenvalue weighted by Crippen LogP contribution is 2.13. The molecule has 1 heterocycles. The van der Waals surface area contributed by atoms with Crippen molar-refractivity contribution in [1.29, 1.82) is 0 Å². The number of carboxylic acid groups (broad SMARTS) is 1. The number of carbonyl (C=O) groups excluding carboxylic acids is 10. The van der Waals surface area contributed by atoms with Gasteiger partial charge in [-0.25, -0.2) is 9.78 Å². The monoisotopic (exact) mass is 1120 g/mol. The molecule has 2 rings (SSSR count). The molecule has 0 saturated heterocycles. The number of rotatable bonds is 36. The van der Waals surface area contributed by atoms with Crippen LogP contribution in [-0.2, 0) is 65.6 Å². The summed E-state index contributed by atoms with van der Waals surface area (Å²) in [4.78, 5) is 153. The highest BCUT2D eigenvalue weighted by atomic mass is 16.4. The number of H-pyrrole nitrogens is 1. The van der Waals surface area contributed by atoms with Crippen molar-refractivity contribution in [3.05, 3.63) is 54.1 Å². The highest BCUT2D eigenvalue weighted by molar-refractivity contribution is 5.99. The van der Waals surface area contributed by atoms with Crippen LogP contribution in [0.15, 0.2) is 42.9 Å². The minimum atomic E-state index is -1.87. The quantitative estimate of drug-likeness (QED) is 0.0283. The number of nitrogens with two attached hydrogens (primary N) is 3. The van der Waals surface area contributed by atoms with E-state index in [0.717, 1.165) is 12.5 Å². The third-order valence-corrected chi connectivity index (χ3v) is 12.6. The van der Waals surface area contributed by atoms with Crippen molar-refractivity contribution in [2.45, 2.75) is 159 Å². The van der Waals surface area contributed by atoms with Gasteiger partial charge in [0.15, 0.2) is 0 Å². The Bertz CT molecular complexity index is 2340. The average Bonchev–Trinajstić information content (AvgIpc) is 3.94. The number of hydrogen-bond donors (Lipinski definition) is 17. The predicted octanol–water partition coefficient (Wildman–Crippen LogP) is -5.55. The SMILES string of the molecule is CC[C@H](C)[C@H](NC(=O)[C@H](CO)NC(=O)[C@H](Cc1cnc[nH]1)NC(=O)[C@@H](N)Cc1ccccc1)C(=O)N[C@@H](CCCCN)C(=O)N[C@@H](CCC(N)=O)C(=O)N[C@@H](CO)C(=O)N[C@H](C(=O)N[C@@H](C)C(=O)N[C@H](C(=O)O)C(C)C)[C@@H](C)O. The molecule has 12 atom stereocenters. The van der Waals surface area contributed by atoms with Gasteiger partial charge in [0.05, 0.1) is 31.7 Å². The first kappa shape index (κ1) is 67.5. The maximum absolute atomic E-state index is 14.2. The molecule has 79 heavy (non-hydrogen) atoms. The fourth-order valence-electron chi connectivity index (χ4n) is 7.62. The Kier molecular flexibility index (Phi) is 29.3. The molecule has 0 radical (unpaired) electrons. The molecule has 20 N–H and O–H groups in total. The number of unbranched alkanes of at least 4 members (excludes halogenated alkanes) is 1. The van der Waals surface area contributed by atoms with E-state index in [1.165, 1.54) is 19.4 Å². The second-order valence-electron chi connectivity index (χ2n) is 19.4. The Hall–Kier alpha value is -7.60. The number of carboxylic acids is 1. The van der Waals surface area contributed by atoms with Crippen LogP contribution in [0.3, 0.4) is 0 Å². The van der Waals surface area contributed by atoms with Crippen LogP contribution in [0.25, 0.3) is 0 Å². The van der Waals surface area contributed by atoms with Crippen LogP contribution in [0.1, 0.15) is 91.3 Å². The van der Waals surface area contributed by atoms with Gasteiger partial charge in [-0.1, -0.05) is 64.4 Å². The van der Waals surface area contributed by atoms with E-state index in [0.29, 0.717) is 12.1 Å². The van der Waals surface area contributed by atoms with Crippen LogP contribution in [0.2, 0.25) is 0 Å². The fraction of sp³-hybridized carbons (Fsp3) is 0.600. The number of nitrogens with zero attached hydrogens (tertiary/aromatic N) is 1. The van der Waals surface area contributed by atoms with Crippen molar-refractivity contribution in [1.82, 2.24) is 57.8 Å². The van der Waals surface area contributed by atoms with Gasteiger partial charge in [-0.2, -0.15) is 0 Å². The lowest BCUT2D eigenvalue weighted by molar-refractivity contribution is -0.143. The third kappa shape index (κ3) is 23.1. The second-order valence-corrected chi connectivity index (χ2v) is 19.4. The lowest BCUT2D eigenvalue weighted by Crippen LogP contribution is -2.62. The summed E-state index contributed by atoms with van der Waals surface area (Å²) in [6.45, 7) is 6.84. The van der Waals surface area contributed by atoms with Gasteiger partial charge in [0.25, 0.3) is 0 Å². The normalized spacial score (nSPS) is 15.7. The van der Waals surface area contributed by atoms with Crippen LogP contribution < -0.4 is 65.1 Å². The first-order valence-corrected chi connectivity index (χ1v) is 25.9. The van der Waals surface area contributed by atoms with E-state index in [1.807, 2.05) is 0 Å². The van der Waals surface area contributed by atoms with Gasteiger partial charge in [0, 0.05) is 24.7 Å². The zero-order valence-corrected chi connectivity index (χ0v) is 45.3. The molecule has 0 aliphatic carbocycles. The molecule has 0 unspecified atom stereocenters. The first-order valence-electron chi connectivity index (χ1n) is 25.9. The minimum Gasteiger partial charge on any atom is -0.480 e. The van der Waals surface area contributed by atoms with Gasteiger partial charge >= 0.3 is 5.97 Å². The standard InChI is InChI=1S/C50H80N14O15/c1-7-26(4)39(63-46(74)35(22-65)61-45(73)34(20-30-21-54-24-55-30)59-42(70)31(52)19-29-13-9-8-10-14-29)48(76)58-32(15-11-12-18-51)43(71)57-33(16-17-37(53)68)44(72)60-36(23-66)47(75)64-40(28(6)67)49(77)56-27(5)41(69)62-38(25(2)3)50(78)79/h8-10,13-14,21,24-28,31-36,38-40,65-67H,7,11-12,15-20,22-23,51-52H2,1-6H3,(H2,53,68)(H,54,55)(H,56,77)(H,57,71)(H,58,76)(H,59,70)(H,60,72)(H,61,73)(H,62,69)(H,63,74)(H,64,75)(H,78,79)/t26-,27-,28+,31-,32-,33-,34-,35-,36-,38-,39-,40-/m0/s1. The van der Waals surface area contributed by atoms with Crippen molar-refractivity contribution in [3.8, 4) is 0 Å². The number of imidazole rings is 1. The number of carbonyl (C=O) groups is 11. The molecule has 1 aromatic heterocycles. The van der Waals surface area contributed by atoms with E-state index in [-0.39, 0.29) is 38.6 Å². The summed E-state index contributed by atoms with van der Waals surface area (Å²) >= 11 is 0. The summed E-state index contributed by atoms with van der Waals surface area (Å²) in [6.07, 6.45) is 0.982. The summed E-state index contributed by atoms with van der Waals surface area (Å²) in [5.74, 6) is -12.3. The number of hydrogen-bond acceptors (Lipinski definition) is 17. The lowest BCUT2D eigenvalue weighted by atomic mass is 9.97. The van der Waals surface area contributed by atoms with E-state index in [1.54, 1.807) is 58.0 Å². The number of amides is 10. The molecule has 10 amide bonds. The average molecular weight is 1120 g/mol.